The molecule has 3 rings (SSSR count). The van der Waals surface area contributed by atoms with E-state index in [4.69, 9.17) is 5.73 Å². The Morgan fingerprint density at radius 2 is 2.12 bits per heavy atom. The molecule has 0 amide bonds. The summed E-state index contributed by atoms with van der Waals surface area (Å²) < 4.78 is 1.67. The highest BCUT2D eigenvalue weighted by molar-refractivity contribution is 5.95. The molecule has 0 unspecified atom stereocenters. The molecule has 84 valence electrons. The Kier molecular flexibility index (Phi) is 2.08. The molecule has 0 saturated carbocycles. The van der Waals surface area contributed by atoms with Crippen molar-refractivity contribution in [1.29, 1.82) is 0 Å². The molecule has 17 heavy (non-hydrogen) atoms. The zero-order valence-electron chi connectivity index (χ0n) is 9.46. The van der Waals surface area contributed by atoms with Crippen LogP contribution >= 0.6 is 0 Å². The fourth-order valence-corrected chi connectivity index (χ4v) is 1.95. The Hall–Kier alpha value is -2.36. The van der Waals surface area contributed by atoms with Crippen LogP contribution in [0.2, 0.25) is 0 Å². The molecule has 2 N–H and O–H groups in total. The van der Waals surface area contributed by atoms with Gasteiger partial charge in [0.05, 0.1) is 5.69 Å². The molecule has 2 aromatic heterocycles. The van der Waals surface area contributed by atoms with E-state index in [1.54, 1.807) is 10.9 Å². The molecule has 0 bridgehead atoms. The Labute approximate surface area is 98.7 Å². The van der Waals surface area contributed by atoms with Gasteiger partial charge in [0, 0.05) is 36.5 Å². The van der Waals surface area contributed by atoms with Crippen LogP contribution in [0.25, 0.3) is 22.0 Å². The molecular formula is C13H12N4. The maximum atomic E-state index is 5.81. The first-order chi connectivity index (χ1) is 8.25. The normalized spacial score (nSPS) is 10.9. The topological polar surface area (TPSA) is 56.7 Å². The third-order valence-corrected chi connectivity index (χ3v) is 2.88. The molecule has 0 saturated heterocycles. The lowest BCUT2D eigenvalue weighted by molar-refractivity contribution is 0.782. The number of aryl methyl sites for hydroxylation is 1. The number of nitrogen functional groups attached to an aromatic ring is 1. The number of anilines is 1. The highest BCUT2D eigenvalue weighted by atomic mass is 15.3. The summed E-state index contributed by atoms with van der Waals surface area (Å²) in [4.78, 5) is 4.16. The molecule has 0 atom stereocenters. The van der Waals surface area contributed by atoms with Gasteiger partial charge < -0.3 is 5.73 Å². The van der Waals surface area contributed by atoms with Crippen molar-refractivity contribution < 1.29 is 0 Å². The standard InChI is InChI=1S/C13H12N4/c1-17-13(14)7-12(16-17)10-4-2-3-9-5-6-15-8-11(9)10/h2-8H,14H2,1H3. The minimum atomic E-state index is 0.654. The van der Waals surface area contributed by atoms with E-state index >= 15 is 0 Å². The van der Waals surface area contributed by atoms with Crippen molar-refractivity contribution in [3.63, 3.8) is 0 Å². The number of hydrogen-bond acceptors (Lipinski definition) is 3. The van der Waals surface area contributed by atoms with Crippen molar-refractivity contribution >= 4 is 16.6 Å². The van der Waals surface area contributed by atoms with E-state index in [0.29, 0.717) is 5.82 Å². The molecule has 1 aromatic carbocycles. The van der Waals surface area contributed by atoms with Crippen LogP contribution in [0, 0.1) is 0 Å². The van der Waals surface area contributed by atoms with Gasteiger partial charge in [-0.25, -0.2) is 0 Å². The maximum absolute atomic E-state index is 5.81. The van der Waals surface area contributed by atoms with E-state index in [0.717, 1.165) is 22.0 Å². The Balaban J connectivity index is 2.30. The quantitative estimate of drug-likeness (QED) is 0.689. The molecule has 0 fully saturated rings. The second-order valence-corrected chi connectivity index (χ2v) is 3.98. The average Bonchev–Trinajstić information content (AvgIpc) is 2.69. The maximum Gasteiger partial charge on any atom is 0.121 e. The zero-order chi connectivity index (χ0) is 11.8. The molecule has 4 heteroatoms. The van der Waals surface area contributed by atoms with Gasteiger partial charge in [-0.1, -0.05) is 18.2 Å². The van der Waals surface area contributed by atoms with Crippen molar-refractivity contribution in [2.24, 2.45) is 7.05 Å². The SMILES string of the molecule is Cn1nc(-c2cccc3ccncc23)cc1N. The summed E-state index contributed by atoms with van der Waals surface area (Å²) in [5.41, 5.74) is 7.74. The number of nitrogens with zero attached hydrogens (tertiary/aromatic N) is 3. The van der Waals surface area contributed by atoms with Gasteiger partial charge in [0.15, 0.2) is 0 Å². The monoisotopic (exact) mass is 224 g/mol. The van der Waals surface area contributed by atoms with Crippen LogP contribution in [0.5, 0.6) is 0 Å². The van der Waals surface area contributed by atoms with Gasteiger partial charge >= 0.3 is 0 Å². The van der Waals surface area contributed by atoms with Crippen molar-refractivity contribution in [3.8, 4) is 11.3 Å². The molecular weight excluding hydrogens is 212 g/mol. The van der Waals surface area contributed by atoms with Crippen molar-refractivity contribution in [3.05, 3.63) is 42.7 Å². The summed E-state index contributed by atoms with van der Waals surface area (Å²) in [6.07, 6.45) is 3.65. The molecule has 0 aliphatic heterocycles. The van der Waals surface area contributed by atoms with Crippen LogP contribution in [0.1, 0.15) is 0 Å². The van der Waals surface area contributed by atoms with E-state index in [1.807, 2.05) is 37.5 Å². The van der Waals surface area contributed by atoms with Gasteiger partial charge in [-0.05, 0) is 11.5 Å². The van der Waals surface area contributed by atoms with Crippen LogP contribution in [-0.4, -0.2) is 14.8 Å². The second-order valence-electron chi connectivity index (χ2n) is 3.98. The minimum Gasteiger partial charge on any atom is -0.384 e. The second kappa shape index (κ2) is 3.59. The van der Waals surface area contributed by atoms with Crippen LogP contribution in [0.4, 0.5) is 5.82 Å². The van der Waals surface area contributed by atoms with Crippen LogP contribution < -0.4 is 5.73 Å². The molecule has 4 nitrogen and oxygen atoms in total. The predicted octanol–water partition coefficient (Wildman–Crippen LogP) is 2.22. The van der Waals surface area contributed by atoms with Crippen molar-refractivity contribution in [1.82, 2.24) is 14.8 Å². The number of aromatic nitrogens is 3. The van der Waals surface area contributed by atoms with E-state index in [1.165, 1.54) is 0 Å². The molecule has 0 radical (unpaired) electrons. The highest BCUT2D eigenvalue weighted by Crippen LogP contribution is 2.27. The third kappa shape index (κ3) is 1.54. The lowest BCUT2D eigenvalue weighted by atomic mass is 10.0. The number of rotatable bonds is 1. The number of fused-ring (bicyclic) bond motifs is 1. The highest BCUT2D eigenvalue weighted by Gasteiger charge is 2.08. The Morgan fingerprint density at radius 1 is 1.24 bits per heavy atom. The van der Waals surface area contributed by atoms with Gasteiger partial charge in [0.25, 0.3) is 0 Å². The molecule has 2 heterocycles. The van der Waals surface area contributed by atoms with Gasteiger partial charge in [-0.3, -0.25) is 9.67 Å². The smallest absolute Gasteiger partial charge is 0.121 e. The van der Waals surface area contributed by atoms with Crippen molar-refractivity contribution in [2.75, 3.05) is 5.73 Å². The molecule has 0 spiro atoms. The first-order valence-corrected chi connectivity index (χ1v) is 5.38. The largest absolute Gasteiger partial charge is 0.384 e. The van der Waals surface area contributed by atoms with Crippen LogP contribution in [-0.2, 0) is 7.05 Å². The summed E-state index contributed by atoms with van der Waals surface area (Å²) in [5, 5.41) is 6.64. The minimum absolute atomic E-state index is 0.654. The van der Waals surface area contributed by atoms with Crippen LogP contribution in [0.15, 0.2) is 42.7 Å². The fourth-order valence-electron chi connectivity index (χ4n) is 1.95. The number of benzene rings is 1. The number of pyridine rings is 1. The molecule has 3 aromatic rings. The number of hydrogen-bond donors (Lipinski definition) is 1. The van der Waals surface area contributed by atoms with Gasteiger partial charge in [-0.15, -0.1) is 0 Å². The lowest BCUT2D eigenvalue weighted by Crippen LogP contribution is -1.96. The summed E-state index contributed by atoms with van der Waals surface area (Å²) in [6, 6.07) is 9.98. The van der Waals surface area contributed by atoms with Gasteiger partial charge in [0.1, 0.15) is 5.82 Å². The predicted molar refractivity (Wildman–Crippen MR) is 68.4 cm³/mol. The Bertz CT molecular complexity index is 660. The van der Waals surface area contributed by atoms with E-state index in [9.17, 15) is 0 Å². The van der Waals surface area contributed by atoms with E-state index < -0.39 is 0 Å². The molecule has 0 aliphatic rings. The van der Waals surface area contributed by atoms with E-state index in [2.05, 4.69) is 16.1 Å². The lowest BCUT2D eigenvalue weighted by Gasteiger charge is -2.02. The third-order valence-electron chi connectivity index (χ3n) is 2.88. The molecule has 0 aliphatic carbocycles. The van der Waals surface area contributed by atoms with E-state index in [-0.39, 0.29) is 0 Å². The fraction of sp³-hybridized carbons (Fsp3) is 0.0769. The number of nitrogens with two attached hydrogens (primary N) is 1. The first-order valence-electron chi connectivity index (χ1n) is 5.38. The summed E-state index contributed by atoms with van der Waals surface area (Å²) in [5.74, 6) is 0.654. The average molecular weight is 224 g/mol. The zero-order valence-corrected chi connectivity index (χ0v) is 9.46. The first kappa shape index (κ1) is 9.84. The van der Waals surface area contributed by atoms with Crippen LogP contribution in [0.3, 0.4) is 0 Å². The van der Waals surface area contributed by atoms with Gasteiger partial charge in [-0.2, -0.15) is 5.10 Å². The summed E-state index contributed by atoms with van der Waals surface area (Å²) >= 11 is 0. The van der Waals surface area contributed by atoms with Gasteiger partial charge in [0.2, 0.25) is 0 Å². The Morgan fingerprint density at radius 3 is 2.88 bits per heavy atom. The summed E-state index contributed by atoms with van der Waals surface area (Å²) in [7, 11) is 1.84. The summed E-state index contributed by atoms with van der Waals surface area (Å²) in [6.45, 7) is 0. The van der Waals surface area contributed by atoms with Crippen molar-refractivity contribution in [2.45, 2.75) is 0 Å².